The molecule has 1 saturated heterocycles. The number of halogens is 2. The molecule has 6 rings (SSSR count). The number of nitrogens with one attached hydrogen (secondary N) is 2. The van der Waals surface area contributed by atoms with Crippen LogP contribution in [0.25, 0.3) is 10.9 Å². The Morgan fingerprint density at radius 2 is 2.08 bits per heavy atom. The molecule has 2 aromatic heterocycles. The van der Waals surface area contributed by atoms with Crippen molar-refractivity contribution >= 4 is 28.5 Å². The molecule has 4 atom stereocenters. The Hall–Kier alpha value is -3.20. The molecule has 0 bridgehead atoms. The van der Waals surface area contributed by atoms with E-state index in [-0.39, 0.29) is 29.1 Å². The predicted octanol–water partition coefficient (Wildman–Crippen LogP) is 5.18. The Morgan fingerprint density at radius 3 is 2.87 bits per heavy atom. The number of aryl methyl sites for hydroxylation is 1. The van der Waals surface area contributed by atoms with Crippen molar-refractivity contribution in [2.75, 3.05) is 13.7 Å². The minimum atomic E-state index is -0.470. The number of hydrogen-bond donors (Lipinski definition) is 2. The number of aromatic nitrogens is 3. The first kappa shape index (κ1) is 25.1. The zero-order chi connectivity index (χ0) is 26.2. The number of ether oxygens (including phenoxy) is 1. The number of nitrogens with zero attached hydrogens (tertiary/aromatic N) is 3. The number of rotatable bonds is 7. The molecule has 7 nitrogen and oxygen atoms in total. The van der Waals surface area contributed by atoms with Crippen LogP contribution in [0.3, 0.4) is 0 Å². The Bertz CT molecular complexity index is 1440. The molecule has 2 aliphatic heterocycles. The minimum Gasteiger partial charge on any atom is -0.468 e. The molecule has 38 heavy (non-hydrogen) atoms. The molecule has 2 aliphatic rings. The van der Waals surface area contributed by atoms with E-state index in [1.807, 2.05) is 30.7 Å². The molecule has 0 unspecified atom stereocenters. The lowest BCUT2D eigenvalue weighted by Crippen LogP contribution is -2.55. The van der Waals surface area contributed by atoms with Gasteiger partial charge < -0.3 is 19.6 Å². The summed E-state index contributed by atoms with van der Waals surface area (Å²) in [6.45, 7) is 1.73. The van der Waals surface area contributed by atoms with Gasteiger partial charge in [-0.05, 0) is 55.1 Å². The number of methoxy groups -OCH3 is 1. The first-order chi connectivity index (χ1) is 18.5. The number of fused-ring (bicyclic) bond motifs is 5. The summed E-state index contributed by atoms with van der Waals surface area (Å²) in [5.41, 5.74) is 4.18. The third-order valence-electron chi connectivity index (χ3n) is 8.06. The van der Waals surface area contributed by atoms with E-state index in [1.54, 1.807) is 12.3 Å². The number of piperidine rings is 1. The van der Waals surface area contributed by atoms with Crippen molar-refractivity contribution < 1.29 is 13.9 Å². The van der Waals surface area contributed by atoms with Crippen molar-refractivity contribution in [3.63, 3.8) is 0 Å². The quantitative estimate of drug-likeness (QED) is 0.252. The van der Waals surface area contributed by atoms with Crippen LogP contribution in [0.4, 0.5) is 4.39 Å². The number of esters is 1. The molecule has 198 valence electrons. The van der Waals surface area contributed by atoms with Gasteiger partial charge in [-0.1, -0.05) is 35.9 Å². The van der Waals surface area contributed by atoms with Crippen LogP contribution in [0.1, 0.15) is 48.2 Å². The van der Waals surface area contributed by atoms with E-state index in [9.17, 15) is 9.18 Å². The van der Waals surface area contributed by atoms with Gasteiger partial charge in [0.15, 0.2) is 0 Å². The van der Waals surface area contributed by atoms with E-state index >= 15 is 0 Å². The fourth-order valence-electron chi connectivity index (χ4n) is 6.34. The molecule has 2 aromatic carbocycles. The van der Waals surface area contributed by atoms with Gasteiger partial charge in [0.25, 0.3) is 0 Å². The zero-order valence-electron chi connectivity index (χ0n) is 21.2. The third kappa shape index (κ3) is 4.61. The Labute approximate surface area is 225 Å². The summed E-state index contributed by atoms with van der Waals surface area (Å²) in [5, 5.41) is 4.99. The molecular formula is C29H31ClFN5O2. The van der Waals surface area contributed by atoms with Gasteiger partial charge in [0.2, 0.25) is 0 Å². The summed E-state index contributed by atoms with van der Waals surface area (Å²) in [6, 6.07) is 12.7. The second-order valence-corrected chi connectivity index (χ2v) is 10.6. The molecule has 9 heteroatoms. The summed E-state index contributed by atoms with van der Waals surface area (Å²) in [7, 11) is 1.44. The van der Waals surface area contributed by atoms with Gasteiger partial charge >= 0.3 is 5.97 Å². The van der Waals surface area contributed by atoms with Crippen molar-refractivity contribution in [2.45, 2.75) is 56.4 Å². The number of aromatic amines is 1. The normalized spacial score (nSPS) is 23.2. The van der Waals surface area contributed by atoms with Crippen LogP contribution in [-0.4, -0.2) is 51.1 Å². The van der Waals surface area contributed by atoms with Gasteiger partial charge in [-0.15, -0.1) is 0 Å². The summed E-state index contributed by atoms with van der Waals surface area (Å²) in [6.07, 6.45) is 8.66. The minimum absolute atomic E-state index is 0.0566. The monoisotopic (exact) mass is 535 g/mol. The maximum atomic E-state index is 14.7. The lowest BCUT2D eigenvalue weighted by Gasteiger charge is -2.50. The van der Waals surface area contributed by atoms with Gasteiger partial charge in [-0.3, -0.25) is 9.69 Å². The predicted molar refractivity (Wildman–Crippen MR) is 144 cm³/mol. The number of para-hydroxylation sites is 1. The molecule has 2 N–H and O–H groups in total. The number of carbonyl (C=O) groups excluding carboxylic acids is 1. The van der Waals surface area contributed by atoms with Crippen LogP contribution >= 0.6 is 11.6 Å². The van der Waals surface area contributed by atoms with Gasteiger partial charge in [0.05, 0.1) is 24.5 Å². The van der Waals surface area contributed by atoms with Crippen LogP contribution in [0, 0.1) is 5.82 Å². The van der Waals surface area contributed by atoms with Crippen molar-refractivity contribution in [3.05, 3.63) is 88.8 Å². The highest BCUT2D eigenvalue weighted by molar-refractivity contribution is 6.30. The maximum absolute atomic E-state index is 14.7. The lowest BCUT2D eigenvalue weighted by atomic mass is 9.79. The number of imidazole rings is 1. The van der Waals surface area contributed by atoms with Gasteiger partial charge in [0.1, 0.15) is 11.9 Å². The summed E-state index contributed by atoms with van der Waals surface area (Å²) >= 11 is 6.04. The van der Waals surface area contributed by atoms with E-state index in [2.05, 4.69) is 36.9 Å². The van der Waals surface area contributed by atoms with E-state index in [0.717, 1.165) is 54.5 Å². The molecule has 0 spiro atoms. The highest BCUT2D eigenvalue weighted by Crippen LogP contribution is 2.49. The number of benzene rings is 2. The van der Waals surface area contributed by atoms with E-state index in [0.29, 0.717) is 6.42 Å². The highest BCUT2D eigenvalue weighted by Gasteiger charge is 2.48. The number of carbonyl (C=O) groups is 1. The maximum Gasteiger partial charge on any atom is 0.323 e. The second-order valence-electron chi connectivity index (χ2n) is 10.2. The van der Waals surface area contributed by atoms with Crippen LogP contribution in [0.15, 0.2) is 61.2 Å². The van der Waals surface area contributed by atoms with Crippen LogP contribution < -0.4 is 5.32 Å². The lowest BCUT2D eigenvalue weighted by molar-refractivity contribution is -0.152. The fourth-order valence-corrected chi connectivity index (χ4v) is 6.46. The fraction of sp³-hybridized carbons (Fsp3) is 0.379. The standard InChI is InChI=1S/C29H31ClFN5O2/c1-38-29(37)27-16-21-20-5-2-3-6-24(20)34-28(21)26-15-19(33-9-4-11-35-12-10-32-17-35)14-25(36(26)27)18-7-8-22(30)23(31)13-18/h2-3,5-8,10,12-13,17,19,25-27,33-34H,4,9,11,14-16H2,1H3/t19-,25-,26+,27-/m0/s1. The van der Waals surface area contributed by atoms with Crippen molar-refractivity contribution in [1.82, 2.24) is 24.8 Å². The molecule has 0 radical (unpaired) electrons. The van der Waals surface area contributed by atoms with Gasteiger partial charge in [0, 0.05) is 54.0 Å². The average molecular weight is 536 g/mol. The van der Waals surface area contributed by atoms with Gasteiger partial charge in [-0.25, -0.2) is 9.37 Å². The SMILES string of the molecule is COC(=O)[C@@H]1Cc2c([nH]c3ccccc23)[C@H]2C[C@@H](NCCCn3ccnc3)C[C@@H](c3ccc(Cl)c(F)c3)N21. The second kappa shape index (κ2) is 10.5. The van der Waals surface area contributed by atoms with Crippen molar-refractivity contribution in [3.8, 4) is 0 Å². The molecule has 0 saturated carbocycles. The Morgan fingerprint density at radius 1 is 1.24 bits per heavy atom. The third-order valence-corrected chi connectivity index (χ3v) is 8.37. The Balaban J connectivity index is 1.36. The molecule has 4 aromatic rings. The average Bonchev–Trinajstić information content (AvgIpc) is 3.59. The summed E-state index contributed by atoms with van der Waals surface area (Å²) < 4.78 is 22.0. The van der Waals surface area contributed by atoms with Crippen LogP contribution in [0.5, 0.6) is 0 Å². The highest BCUT2D eigenvalue weighted by atomic mass is 35.5. The van der Waals surface area contributed by atoms with Gasteiger partial charge in [-0.2, -0.15) is 0 Å². The van der Waals surface area contributed by atoms with Crippen LogP contribution in [0.2, 0.25) is 5.02 Å². The summed E-state index contributed by atoms with van der Waals surface area (Å²) in [5.74, 6) is -0.717. The smallest absolute Gasteiger partial charge is 0.323 e. The summed E-state index contributed by atoms with van der Waals surface area (Å²) in [4.78, 5) is 23.2. The molecule has 1 fully saturated rings. The largest absolute Gasteiger partial charge is 0.468 e. The van der Waals surface area contributed by atoms with Crippen molar-refractivity contribution in [2.24, 2.45) is 0 Å². The van der Waals surface area contributed by atoms with E-state index < -0.39 is 11.9 Å². The Kier molecular flexibility index (Phi) is 6.95. The first-order valence-corrected chi connectivity index (χ1v) is 13.5. The molecule has 0 aliphatic carbocycles. The number of H-pyrrole nitrogens is 1. The topological polar surface area (TPSA) is 75.2 Å². The van der Waals surface area contributed by atoms with Crippen molar-refractivity contribution in [1.29, 1.82) is 0 Å². The first-order valence-electron chi connectivity index (χ1n) is 13.1. The van der Waals surface area contributed by atoms with Crippen LogP contribution in [-0.2, 0) is 22.5 Å². The molecule has 0 amide bonds. The molecular weight excluding hydrogens is 505 g/mol. The number of hydrogen-bond acceptors (Lipinski definition) is 5. The van der Waals surface area contributed by atoms with E-state index in [4.69, 9.17) is 16.3 Å². The molecule has 4 heterocycles. The zero-order valence-corrected chi connectivity index (χ0v) is 22.0. The van der Waals surface area contributed by atoms with E-state index in [1.165, 1.54) is 18.7 Å².